The second kappa shape index (κ2) is 8.12. The number of piperazine rings is 1. The van der Waals surface area contributed by atoms with Crippen molar-refractivity contribution >= 4 is 12.4 Å². The monoisotopic (exact) mass is 360 g/mol. The molecule has 1 saturated heterocycles. The summed E-state index contributed by atoms with van der Waals surface area (Å²) in [5.74, 6) is -2.33. The van der Waals surface area contributed by atoms with E-state index in [9.17, 15) is 22.0 Å². The third-order valence-corrected chi connectivity index (χ3v) is 3.66. The van der Waals surface area contributed by atoms with Crippen LogP contribution in [-0.2, 0) is 0 Å². The SMILES string of the molecule is COc1ccc(F)c([C@H](CC(F)(F)F)N2CCNCC2)c1F.Cl. The first kappa shape index (κ1) is 19.9. The predicted molar refractivity (Wildman–Crippen MR) is 78.0 cm³/mol. The maximum atomic E-state index is 14.3. The zero-order chi connectivity index (χ0) is 16.3. The van der Waals surface area contributed by atoms with Crippen molar-refractivity contribution in [3.8, 4) is 5.75 Å². The summed E-state index contributed by atoms with van der Waals surface area (Å²) < 4.78 is 71.8. The van der Waals surface area contributed by atoms with E-state index in [0.717, 1.165) is 12.1 Å². The van der Waals surface area contributed by atoms with E-state index in [4.69, 9.17) is 4.74 Å². The summed E-state index contributed by atoms with van der Waals surface area (Å²) in [4.78, 5) is 1.45. The number of halogens is 6. The van der Waals surface area contributed by atoms with Crippen LogP contribution >= 0.6 is 12.4 Å². The van der Waals surface area contributed by atoms with Gasteiger partial charge < -0.3 is 10.1 Å². The number of methoxy groups -OCH3 is 1. The molecule has 1 N–H and O–H groups in total. The molecule has 1 heterocycles. The second-order valence-electron chi connectivity index (χ2n) is 5.10. The summed E-state index contributed by atoms with van der Waals surface area (Å²) in [5, 5.41) is 3.00. The topological polar surface area (TPSA) is 24.5 Å². The van der Waals surface area contributed by atoms with E-state index < -0.39 is 35.8 Å². The number of nitrogens with one attached hydrogen (secondary N) is 1. The third-order valence-electron chi connectivity index (χ3n) is 3.66. The standard InChI is InChI=1S/C14H17F5N2O.ClH/c1-22-11-3-2-9(15)12(13(11)16)10(8-14(17,18)19)21-6-4-20-5-7-21;/h2-3,10,20H,4-8H2,1H3;1H/t10-;/m0./s1. The number of nitrogens with zero attached hydrogens (tertiary/aromatic N) is 1. The first-order valence-corrected chi connectivity index (χ1v) is 6.87. The Hall–Kier alpha value is -1.12. The van der Waals surface area contributed by atoms with E-state index in [0.29, 0.717) is 13.1 Å². The molecule has 0 bridgehead atoms. The molecule has 2 rings (SSSR count). The lowest BCUT2D eigenvalue weighted by Crippen LogP contribution is -2.46. The number of ether oxygens (including phenoxy) is 1. The fraction of sp³-hybridized carbons (Fsp3) is 0.571. The van der Waals surface area contributed by atoms with Gasteiger partial charge in [0.05, 0.1) is 13.5 Å². The number of rotatable bonds is 4. The van der Waals surface area contributed by atoms with Gasteiger partial charge in [0.2, 0.25) is 0 Å². The van der Waals surface area contributed by atoms with E-state index in [-0.39, 0.29) is 31.2 Å². The Bertz CT molecular complexity index is 521. The lowest BCUT2D eigenvalue weighted by Gasteiger charge is -2.36. The molecule has 0 aromatic heterocycles. The Kier molecular flexibility index (Phi) is 7.03. The van der Waals surface area contributed by atoms with Crippen molar-refractivity contribution in [3.63, 3.8) is 0 Å². The summed E-state index contributed by atoms with van der Waals surface area (Å²) >= 11 is 0. The highest BCUT2D eigenvalue weighted by atomic mass is 35.5. The first-order chi connectivity index (χ1) is 10.3. The highest BCUT2D eigenvalue weighted by Crippen LogP contribution is 2.38. The van der Waals surface area contributed by atoms with Gasteiger partial charge in [0.15, 0.2) is 11.6 Å². The average molecular weight is 361 g/mol. The van der Waals surface area contributed by atoms with Gasteiger partial charge in [0, 0.05) is 37.8 Å². The summed E-state index contributed by atoms with van der Waals surface area (Å²) in [7, 11) is 1.18. The number of benzene rings is 1. The highest BCUT2D eigenvalue weighted by molar-refractivity contribution is 5.85. The maximum Gasteiger partial charge on any atom is 0.390 e. The van der Waals surface area contributed by atoms with Crippen molar-refractivity contribution in [2.45, 2.75) is 18.6 Å². The van der Waals surface area contributed by atoms with Gasteiger partial charge in [-0.05, 0) is 12.1 Å². The van der Waals surface area contributed by atoms with E-state index in [1.165, 1.54) is 12.0 Å². The van der Waals surface area contributed by atoms with Crippen molar-refractivity contribution in [3.05, 3.63) is 29.3 Å². The van der Waals surface area contributed by atoms with Crippen molar-refractivity contribution in [1.82, 2.24) is 10.2 Å². The van der Waals surface area contributed by atoms with Crippen LogP contribution in [0.3, 0.4) is 0 Å². The van der Waals surface area contributed by atoms with Crippen molar-refractivity contribution < 1.29 is 26.7 Å². The Balaban J connectivity index is 0.00000264. The molecule has 9 heteroatoms. The molecule has 0 spiro atoms. The summed E-state index contributed by atoms with van der Waals surface area (Å²) in [6.07, 6.45) is -5.84. The summed E-state index contributed by atoms with van der Waals surface area (Å²) in [6.45, 7) is 1.52. The van der Waals surface area contributed by atoms with Crippen LogP contribution in [-0.4, -0.2) is 44.4 Å². The molecule has 1 aliphatic heterocycles. The molecule has 0 unspecified atom stereocenters. The molecule has 1 aliphatic rings. The number of hydrogen-bond acceptors (Lipinski definition) is 3. The normalized spacial score (nSPS) is 17.5. The minimum Gasteiger partial charge on any atom is -0.494 e. The molecule has 132 valence electrons. The van der Waals surface area contributed by atoms with Crippen molar-refractivity contribution in [2.75, 3.05) is 33.3 Å². The van der Waals surface area contributed by atoms with Gasteiger partial charge >= 0.3 is 6.18 Å². The Labute approximate surface area is 137 Å². The largest absolute Gasteiger partial charge is 0.494 e. The van der Waals surface area contributed by atoms with Gasteiger partial charge in [-0.3, -0.25) is 4.90 Å². The van der Waals surface area contributed by atoms with Crippen LogP contribution in [0.2, 0.25) is 0 Å². The van der Waals surface area contributed by atoms with Crippen LogP contribution < -0.4 is 10.1 Å². The molecule has 1 fully saturated rings. The number of alkyl halides is 3. The molecule has 23 heavy (non-hydrogen) atoms. The van der Waals surface area contributed by atoms with E-state index in [1.807, 2.05) is 0 Å². The molecule has 3 nitrogen and oxygen atoms in total. The summed E-state index contributed by atoms with van der Waals surface area (Å²) in [6, 6.07) is 0.594. The van der Waals surface area contributed by atoms with Crippen LogP contribution in [0.1, 0.15) is 18.0 Å². The minimum atomic E-state index is -4.53. The fourth-order valence-corrected chi connectivity index (χ4v) is 2.64. The Morgan fingerprint density at radius 3 is 2.35 bits per heavy atom. The molecule has 0 saturated carbocycles. The van der Waals surface area contributed by atoms with Crippen LogP contribution in [0.15, 0.2) is 12.1 Å². The Morgan fingerprint density at radius 2 is 1.83 bits per heavy atom. The molecule has 0 radical (unpaired) electrons. The van der Waals surface area contributed by atoms with Crippen LogP contribution in [0.25, 0.3) is 0 Å². The lowest BCUT2D eigenvalue weighted by molar-refractivity contribution is -0.149. The van der Waals surface area contributed by atoms with E-state index in [1.54, 1.807) is 0 Å². The quantitative estimate of drug-likeness (QED) is 0.834. The van der Waals surface area contributed by atoms with E-state index >= 15 is 0 Å². The van der Waals surface area contributed by atoms with Crippen molar-refractivity contribution in [2.24, 2.45) is 0 Å². The molecule has 1 atom stereocenters. The fourth-order valence-electron chi connectivity index (χ4n) is 2.64. The smallest absolute Gasteiger partial charge is 0.390 e. The van der Waals surface area contributed by atoms with Crippen LogP contribution in [0.4, 0.5) is 22.0 Å². The number of hydrogen-bond donors (Lipinski definition) is 1. The third kappa shape index (κ3) is 4.92. The van der Waals surface area contributed by atoms with Gasteiger partial charge in [-0.15, -0.1) is 12.4 Å². The molecule has 1 aromatic carbocycles. The zero-order valence-corrected chi connectivity index (χ0v) is 13.2. The summed E-state index contributed by atoms with van der Waals surface area (Å²) in [5.41, 5.74) is -0.585. The Morgan fingerprint density at radius 1 is 1.22 bits per heavy atom. The second-order valence-corrected chi connectivity index (χ2v) is 5.10. The molecular formula is C14H18ClF5N2O. The molecular weight excluding hydrogens is 343 g/mol. The predicted octanol–water partition coefficient (Wildman–Crippen LogP) is 3.29. The van der Waals surface area contributed by atoms with Gasteiger partial charge in [-0.1, -0.05) is 0 Å². The maximum absolute atomic E-state index is 14.3. The first-order valence-electron chi connectivity index (χ1n) is 6.87. The minimum absolute atomic E-state index is 0. The molecule has 0 amide bonds. The van der Waals surface area contributed by atoms with Gasteiger partial charge in [-0.2, -0.15) is 13.2 Å². The van der Waals surface area contributed by atoms with Crippen LogP contribution in [0.5, 0.6) is 5.75 Å². The van der Waals surface area contributed by atoms with Gasteiger partial charge in [0.25, 0.3) is 0 Å². The highest BCUT2D eigenvalue weighted by Gasteiger charge is 2.39. The molecule has 1 aromatic rings. The lowest BCUT2D eigenvalue weighted by atomic mass is 9.99. The van der Waals surface area contributed by atoms with Gasteiger partial charge in [0.1, 0.15) is 5.82 Å². The van der Waals surface area contributed by atoms with E-state index in [2.05, 4.69) is 5.32 Å². The zero-order valence-electron chi connectivity index (χ0n) is 12.4. The molecule has 0 aliphatic carbocycles. The van der Waals surface area contributed by atoms with Crippen LogP contribution in [0, 0.1) is 11.6 Å². The van der Waals surface area contributed by atoms with Crippen molar-refractivity contribution in [1.29, 1.82) is 0 Å². The average Bonchev–Trinajstić information content (AvgIpc) is 2.46. The van der Waals surface area contributed by atoms with Gasteiger partial charge in [-0.25, -0.2) is 8.78 Å².